The normalized spacial score (nSPS) is 19.1. The Labute approximate surface area is 118 Å². The summed E-state index contributed by atoms with van der Waals surface area (Å²) in [4.78, 5) is 13.5. The van der Waals surface area contributed by atoms with Gasteiger partial charge in [-0.15, -0.1) is 0 Å². The molecule has 1 aliphatic rings. The molecule has 5 heteroatoms. The molecule has 1 saturated heterocycles. The molecule has 0 spiro atoms. The molecule has 104 valence electrons. The van der Waals surface area contributed by atoms with Gasteiger partial charge in [0.05, 0.1) is 13.7 Å². The van der Waals surface area contributed by atoms with Gasteiger partial charge in [-0.25, -0.2) is 4.79 Å². The number of hydrogen-bond donors (Lipinski definition) is 0. The molecule has 0 radical (unpaired) electrons. The van der Waals surface area contributed by atoms with Gasteiger partial charge in [0.2, 0.25) is 0 Å². The van der Waals surface area contributed by atoms with Crippen molar-refractivity contribution in [3.05, 3.63) is 29.8 Å². The molecule has 1 aromatic carbocycles. The fourth-order valence-electron chi connectivity index (χ4n) is 2.05. The van der Waals surface area contributed by atoms with Gasteiger partial charge in [-0.1, -0.05) is 12.1 Å². The molecule has 1 unspecified atom stereocenters. The fourth-order valence-corrected chi connectivity index (χ4v) is 3.30. The van der Waals surface area contributed by atoms with E-state index < -0.39 is 0 Å². The molecule has 0 aliphatic carbocycles. The van der Waals surface area contributed by atoms with Crippen LogP contribution in [0.3, 0.4) is 0 Å². The average Bonchev–Trinajstić information content (AvgIpc) is 2.48. The van der Waals surface area contributed by atoms with Crippen molar-refractivity contribution in [1.29, 1.82) is 0 Å². The molecule has 0 N–H and O–H groups in total. The van der Waals surface area contributed by atoms with Crippen LogP contribution >= 0.6 is 11.8 Å². The van der Waals surface area contributed by atoms with Gasteiger partial charge in [-0.3, -0.25) is 0 Å². The summed E-state index contributed by atoms with van der Waals surface area (Å²) in [5.74, 6) is 1.79. The van der Waals surface area contributed by atoms with Crippen molar-refractivity contribution in [3.63, 3.8) is 0 Å². The number of carbonyl (C=O) groups excluding carboxylic acids is 1. The monoisotopic (exact) mass is 281 g/mol. The minimum Gasteiger partial charge on any atom is -0.497 e. The van der Waals surface area contributed by atoms with Crippen LogP contribution in [0.2, 0.25) is 0 Å². The topological polar surface area (TPSA) is 38.8 Å². The maximum absolute atomic E-state index is 11.7. The average molecular weight is 281 g/mol. The summed E-state index contributed by atoms with van der Waals surface area (Å²) >= 11 is 1.88. The maximum Gasteiger partial charge on any atom is 0.409 e. The summed E-state index contributed by atoms with van der Waals surface area (Å²) in [7, 11) is 1.66. The van der Waals surface area contributed by atoms with E-state index in [4.69, 9.17) is 9.47 Å². The molecule has 1 aliphatic heterocycles. The van der Waals surface area contributed by atoms with E-state index in [2.05, 4.69) is 12.1 Å². The Hall–Kier alpha value is -1.36. The van der Waals surface area contributed by atoms with E-state index in [1.165, 1.54) is 5.56 Å². The molecule has 1 atom stereocenters. The lowest BCUT2D eigenvalue weighted by molar-refractivity contribution is 0.108. The third-order valence-corrected chi connectivity index (χ3v) is 4.32. The zero-order valence-corrected chi connectivity index (χ0v) is 12.1. The first-order chi connectivity index (χ1) is 9.24. The Balaban J connectivity index is 2.01. The molecule has 0 bridgehead atoms. The van der Waals surface area contributed by atoms with Gasteiger partial charge in [0, 0.05) is 24.1 Å². The van der Waals surface area contributed by atoms with Gasteiger partial charge in [0.1, 0.15) is 5.75 Å². The first-order valence-corrected chi connectivity index (χ1v) is 7.46. The Bertz CT molecular complexity index is 421. The molecule has 4 nitrogen and oxygen atoms in total. The molecular weight excluding hydrogens is 262 g/mol. The van der Waals surface area contributed by atoms with E-state index in [0.717, 1.165) is 18.0 Å². The van der Waals surface area contributed by atoms with Gasteiger partial charge in [0.15, 0.2) is 0 Å². The van der Waals surface area contributed by atoms with Crippen LogP contribution in [-0.2, 0) is 4.74 Å². The van der Waals surface area contributed by atoms with Gasteiger partial charge in [0.25, 0.3) is 0 Å². The van der Waals surface area contributed by atoms with Gasteiger partial charge >= 0.3 is 6.09 Å². The number of nitrogens with zero attached hydrogens (tertiary/aromatic N) is 1. The van der Waals surface area contributed by atoms with E-state index >= 15 is 0 Å². The predicted octanol–water partition coefficient (Wildman–Crippen LogP) is 2.94. The van der Waals surface area contributed by atoms with Crippen molar-refractivity contribution >= 4 is 17.9 Å². The number of methoxy groups -OCH3 is 1. The molecular formula is C14H19NO3S. The van der Waals surface area contributed by atoms with E-state index in [1.807, 2.05) is 30.8 Å². The second kappa shape index (κ2) is 6.70. The van der Waals surface area contributed by atoms with Crippen molar-refractivity contribution in [2.24, 2.45) is 0 Å². The number of amides is 1. The first-order valence-electron chi connectivity index (χ1n) is 6.42. The van der Waals surface area contributed by atoms with Crippen molar-refractivity contribution in [2.75, 3.05) is 32.6 Å². The van der Waals surface area contributed by atoms with Gasteiger partial charge in [-0.2, -0.15) is 11.8 Å². The molecule has 19 heavy (non-hydrogen) atoms. The predicted molar refractivity (Wildman–Crippen MR) is 76.8 cm³/mol. The summed E-state index contributed by atoms with van der Waals surface area (Å²) in [5.41, 5.74) is 1.22. The van der Waals surface area contributed by atoms with Crippen LogP contribution in [0, 0.1) is 0 Å². The second-order valence-electron chi connectivity index (χ2n) is 4.28. The zero-order chi connectivity index (χ0) is 13.7. The van der Waals surface area contributed by atoms with E-state index in [-0.39, 0.29) is 6.09 Å². The Morgan fingerprint density at radius 1 is 1.42 bits per heavy atom. The largest absolute Gasteiger partial charge is 0.497 e. The molecule has 1 heterocycles. The number of hydrogen-bond acceptors (Lipinski definition) is 4. The number of benzene rings is 1. The quantitative estimate of drug-likeness (QED) is 0.854. The Morgan fingerprint density at radius 3 is 2.79 bits per heavy atom. The lowest BCUT2D eigenvalue weighted by Crippen LogP contribution is -2.39. The summed E-state index contributed by atoms with van der Waals surface area (Å²) in [5, 5.41) is 0.309. The zero-order valence-electron chi connectivity index (χ0n) is 11.3. The highest BCUT2D eigenvalue weighted by molar-refractivity contribution is 7.99. The summed E-state index contributed by atoms with van der Waals surface area (Å²) in [6.07, 6.45) is -0.207. The van der Waals surface area contributed by atoms with E-state index in [9.17, 15) is 4.79 Å². The number of carbonyl (C=O) groups is 1. The van der Waals surface area contributed by atoms with Crippen LogP contribution in [0.1, 0.15) is 17.7 Å². The highest BCUT2D eigenvalue weighted by atomic mass is 32.2. The van der Waals surface area contributed by atoms with Crippen molar-refractivity contribution in [3.8, 4) is 5.75 Å². The van der Waals surface area contributed by atoms with Crippen LogP contribution in [0.4, 0.5) is 4.79 Å². The van der Waals surface area contributed by atoms with Crippen molar-refractivity contribution < 1.29 is 14.3 Å². The fraction of sp³-hybridized carbons (Fsp3) is 0.500. The lowest BCUT2D eigenvalue weighted by atomic mass is 10.1. The maximum atomic E-state index is 11.7. The van der Waals surface area contributed by atoms with Gasteiger partial charge in [-0.05, 0) is 24.6 Å². The van der Waals surface area contributed by atoms with Gasteiger partial charge < -0.3 is 14.4 Å². The number of rotatable bonds is 3. The summed E-state index contributed by atoms with van der Waals surface area (Å²) in [6.45, 7) is 3.72. The van der Waals surface area contributed by atoms with Crippen molar-refractivity contribution in [1.82, 2.24) is 4.90 Å². The first kappa shape index (κ1) is 14.1. The van der Waals surface area contributed by atoms with Crippen LogP contribution in [0.5, 0.6) is 5.75 Å². The van der Waals surface area contributed by atoms with E-state index in [1.54, 1.807) is 12.0 Å². The highest BCUT2D eigenvalue weighted by Crippen LogP contribution is 2.34. The molecule has 2 rings (SSSR count). The number of thioether (sulfide) groups is 1. The molecule has 0 aromatic heterocycles. The molecule has 1 amide bonds. The van der Waals surface area contributed by atoms with Crippen LogP contribution in [0.25, 0.3) is 0 Å². The third kappa shape index (κ3) is 3.56. The minimum absolute atomic E-state index is 0.207. The van der Waals surface area contributed by atoms with Crippen LogP contribution in [0.15, 0.2) is 24.3 Å². The minimum atomic E-state index is -0.207. The molecule has 1 fully saturated rings. The van der Waals surface area contributed by atoms with Crippen LogP contribution < -0.4 is 4.74 Å². The standard InChI is InChI=1S/C14H19NO3S/c1-3-18-14(16)15-8-9-19-13(10-15)11-4-6-12(17-2)7-5-11/h4-7,13H,3,8-10H2,1-2H3. The smallest absolute Gasteiger partial charge is 0.409 e. The third-order valence-electron chi connectivity index (χ3n) is 3.08. The number of ether oxygens (including phenoxy) is 2. The summed E-state index contributed by atoms with van der Waals surface area (Å²) in [6, 6.07) is 8.04. The van der Waals surface area contributed by atoms with Crippen LogP contribution in [-0.4, -0.2) is 43.6 Å². The van der Waals surface area contributed by atoms with E-state index in [0.29, 0.717) is 18.4 Å². The Kier molecular flexibility index (Phi) is 4.96. The molecule has 0 saturated carbocycles. The van der Waals surface area contributed by atoms with Crippen molar-refractivity contribution in [2.45, 2.75) is 12.2 Å². The lowest BCUT2D eigenvalue weighted by Gasteiger charge is -2.31. The highest BCUT2D eigenvalue weighted by Gasteiger charge is 2.25. The molecule has 1 aromatic rings. The SMILES string of the molecule is CCOC(=O)N1CCSC(c2ccc(OC)cc2)C1. The second-order valence-corrected chi connectivity index (χ2v) is 5.59. The summed E-state index contributed by atoms with van der Waals surface area (Å²) < 4.78 is 10.2. The Morgan fingerprint density at radius 2 is 2.16 bits per heavy atom.